The maximum Gasteiger partial charge on any atom is 0.243 e. The van der Waals surface area contributed by atoms with E-state index in [1.54, 1.807) is 5.48 Å². The van der Waals surface area contributed by atoms with Crippen molar-refractivity contribution in [3.05, 3.63) is 72.6 Å². The minimum absolute atomic E-state index is 0.0855. The topological polar surface area (TPSA) is 132 Å². The average molecular weight is 473 g/mol. The highest BCUT2D eigenvalue weighted by Crippen LogP contribution is 2.29. The van der Waals surface area contributed by atoms with Crippen molar-refractivity contribution in [3.63, 3.8) is 0 Å². The number of anilines is 2. The summed E-state index contributed by atoms with van der Waals surface area (Å²) in [6, 6.07) is 19.8. The Labute approximate surface area is 203 Å². The molecule has 4 rings (SSSR count). The second-order valence-electron chi connectivity index (χ2n) is 8.31. The number of benzene rings is 2. The van der Waals surface area contributed by atoms with E-state index in [4.69, 9.17) is 5.21 Å². The zero-order valence-electron chi connectivity index (χ0n) is 19.4. The Bertz CT molecular complexity index is 1290. The van der Waals surface area contributed by atoms with E-state index < -0.39 is 5.91 Å². The summed E-state index contributed by atoms with van der Waals surface area (Å²) in [5, 5.41) is 15.7. The molecule has 0 radical (unpaired) electrons. The molecule has 0 saturated carbocycles. The van der Waals surface area contributed by atoms with E-state index in [9.17, 15) is 9.59 Å². The molecule has 2 heterocycles. The van der Waals surface area contributed by atoms with E-state index in [0.29, 0.717) is 24.9 Å². The van der Waals surface area contributed by atoms with Gasteiger partial charge in [0, 0.05) is 30.3 Å². The molecule has 0 fully saturated rings. The van der Waals surface area contributed by atoms with Gasteiger partial charge in [-0.15, -0.1) is 0 Å². The van der Waals surface area contributed by atoms with Crippen LogP contribution in [0.1, 0.15) is 44.2 Å². The number of carbonyl (C=O) groups excluding carboxylic acids is 2. The summed E-state index contributed by atoms with van der Waals surface area (Å²) in [5.41, 5.74) is 6.05. The van der Waals surface area contributed by atoms with Gasteiger partial charge < -0.3 is 15.6 Å². The number of hydroxylamine groups is 1. The van der Waals surface area contributed by atoms with Gasteiger partial charge in [0.25, 0.3) is 0 Å². The van der Waals surface area contributed by atoms with Crippen molar-refractivity contribution in [2.45, 2.75) is 38.6 Å². The van der Waals surface area contributed by atoms with Crippen molar-refractivity contribution in [2.24, 2.45) is 0 Å². The van der Waals surface area contributed by atoms with Crippen LogP contribution in [0.3, 0.4) is 0 Å². The highest BCUT2D eigenvalue weighted by molar-refractivity contribution is 5.93. The van der Waals surface area contributed by atoms with Crippen LogP contribution in [-0.4, -0.2) is 32.0 Å². The van der Waals surface area contributed by atoms with Crippen LogP contribution in [0.4, 0.5) is 11.5 Å². The summed E-state index contributed by atoms with van der Waals surface area (Å²) < 4.78 is 0. The number of aromatic amines is 1. The summed E-state index contributed by atoms with van der Waals surface area (Å²) in [6.45, 7) is 2.09. The van der Waals surface area contributed by atoms with E-state index >= 15 is 0 Å². The van der Waals surface area contributed by atoms with Crippen molar-refractivity contribution in [2.75, 3.05) is 10.6 Å². The number of amides is 2. The molecule has 1 atom stereocenters. The molecule has 0 saturated heterocycles. The number of rotatable bonds is 10. The Balaban J connectivity index is 1.40. The van der Waals surface area contributed by atoms with Gasteiger partial charge >= 0.3 is 0 Å². The summed E-state index contributed by atoms with van der Waals surface area (Å²) >= 11 is 0. The number of carbonyl (C=O) groups is 2. The van der Waals surface area contributed by atoms with Crippen molar-refractivity contribution in [1.82, 2.24) is 20.4 Å². The fraction of sp³-hybridized carbons (Fsp3) is 0.231. The number of hydrogen-bond donors (Lipinski definition) is 5. The standard InChI is InChI=1S/C26H28N6O3/c1-17(18-7-3-2-4-8-18)29-25-21-15-22(31-26(21)28-16-27-25)19-11-13-20(14-12-19)30-23(33)9-5-6-10-24(34)32-35/h2-4,7-8,11-17,35H,5-6,9-10H2,1H3,(H,30,33)(H,32,34)(H2,27,28,29,31). The van der Waals surface area contributed by atoms with Crippen LogP contribution in [0, 0.1) is 0 Å². The maximum absolute atomic E-state index is 12.1. The molecule has 9 heteroatoms. The predicted molar refractivity (Wildman–Crippen MR) is 135 cm³/mol. The van der Waals surface area contributed by atoms with Crippen LogP contribution in [-0.2, 0) is 9.59 Å². The van der Waals surface area contributed by atoms with E-state index in [1.165, 1.54) is 11.9 Å². The molecule has 5 N–H and O–H groups in total. The normalized spacial score (nSPS) is 11.7. The molecular formula is C26H28N6O3. The molecule has 2 aromatic carbocycles. The lowest BCUT2D eigenvalue weighted by atomic mass is 10.1. The maximum atomic E-state index is 12.1. The Kier molecular flexibility index (Phi) is 7.69. The fourth-order valence-electron chi connectivity index (χ4n) is 3.82. The van der Waals surface area contributed by atoms with Crippen LogP contribution in [0.25, 0.3) is 22.3 Å². The molecule has 0 aliphatic carbocycles. The molecule has 0 aliphatic rings. The molecule has 1 unspecified atom stereocenters. The number of hydrogen-bond acceptors (Lipinski definition) is 6. The molecular weight excluding hydrogens is 444 g/mol. The quantitative estimate of drug-likeness (QED) is 0.128. The van der Waals surface area contributed by atoms with E-state index in [-0.39, 0.29) is 18.4 Å². The monoisotopic (exact) mass is 472 g/mol. The second kappa shape index (κ2) is 11.3. The Morgan fingerprint density at radius 1 is 0.971 bits per heavy atom. The van der Waals surface area contributed by atoms with Gasteiger partial charge in [-0.3, -0.25) is 14.8 Å². The minimum Gasteiger partial charge on any atom is -0.363 e. The first-order valence-corrected chi connectivity index (χ1v) is 11.5. The summed E-state index contributed by atoms with van der Waals surface area (Å²) in [5.74, 6) is 0.193. The molecule has 9 nitrogen and oxygen atoms in total. The first-order chi connectivity index (χ1) is 17.0. The molecule has 180 valence electrons. The van der Waals surface area contributed by atoms with Crippen LogP contribution >= 0.6 is 0 Å². The molecule has 0 spiro atoms. The summed E-state index contributed by atoms with van der Waals surface area (Å²) in [7, 11) is 0. The van der Waals surface area contributed by atoms with Gasteiger partial charge in [0.2, 0.25) is 11.8 Å². The second-order valence-corrected chi connectivity index (χ2v) is 8.31. The van der Waals surface area contributed by atoms with Gasteiger partial charge in [0.1, 0.15) is 17.8 Å². The summed E-state index contributed by atoms with van der Waals surface area (Å²) in [4.78, 5) is 35.3. The van der Waals surface area contributed by atoms with Gasteiger partial charge in [-0.2, -0.15) is 0 Å². The van der Waals surface area contributed by atoms with Crippen molar-refractivity contribution in [3.8, 4) is 11.3 Å². The number of nitrogens with zero attached hydrogens (tertiary/aromatic N) is 2. The fourth-order valence-corrected chi connectivity index (χ4v) is 3.82. The Hall–Kier alpha value is -4.24. The zero-order chi connectivity index (χ0) is 24.6. The minimum atomic E-state index is -0.447. The molecule has 4 aromatic rings. The van der Waals surface area contributed by atoms with Gasteiger partial charge in [0.05, 0.1) is 5.39 Å². The molecule has 0 bridgehead atoms. The molecule has 2 aromatic heterocycles. The number of H-pyrrole nitrogens is 1. The first kappa shape index (κ1) is 23.9. The van der Waals surface area contributed by atoms with Crippen molar-refractivity contribution in [1.29, 1.82) is 0 Å². The lowest BCUT2D eigenvalue weighted by Gasteiger charge is -2.15. The van der Waals surface area contributed by atoms with Gasteiger partial charge in [-0.1, -0.05) is 42.5 Å². The molecule has 35 heavy (non-hydrogen) atoms. The largest absolute Gasteiger partial charge is 0.363 e. The third-order valence-electron chi connectivity index (χ3n) is 5.74. The zero-order valence-corrected chi connectivity index (χ0v) is 19.4. The van der Waals surface area contributed by atoms with Crippen LogP contribution in [0.15, 0.2) is 67.0 Å². The number of unbranched alkanes of at least 4 members (excludes halogenated alkanes) is 1. The van der Waals surface area contributed by atoms with Crippen molar-refractivity contribution >= 4 is 34.4 Å². The number of nitrogens with one attached hydrogen (secondary N) is 4. The lowest BCUT2D eigenvalue weighted by molar-refractivity contribution is -0.129. The average Bonchev–Trinajstić information content (AvgIpc) is 3.33. The van der Waals surface area contributed by atoms with Gasteiger partial charge in [-0.25, -0.2) is 15.4 Å². The van der Waals surface area contributed by atoms with E-state index in [2.05, 4.69) is 44.6 Å². The van der Waals surface area contributed by atoms with E-state index in [1.807, 2.05) is 48.5 Å². The van der Waals surface area contributed by atoms with Crippen LogP contribution < -0.4 is 16.1 Å². The van der Waals surface area contributed by atoms with Gasteiger partial charge in [0.15, 0.2) is 0 Å². The number of aromatic nitrogens is 3. The Morgan fingerprint density at radius 2 is 1.69 bits per heavy atom. The Morgan fingerprint density at radius 3 is 2.40 bits per heavy atom. The van der Waals surface area contributed by atoms with Crippen LogP contribution in [0.5, 0.6) is 0 Å². The third kappa shape index (κ3) is 6.21. The van der Waals surface area contributed by atoms with Crippen LogP contribution in [0.2, 0.25) is 0 Å². The predicted octanol–water partition coefficient (Wildman–Crippen LogP) is 4.80. The van der Waals surface area contributed by atoms with Gasteiger partial charge in [-0.05, 0) is 49.1 Å². The highest BCUT2D eigenvalue weighted by atomic mass is 16.5. The SMILES string of the molecule is CC(Nc1ncnc2[nH]c(-c3ccc(NC(=O)CCCCC(=O)NO)cc3)cc12)c1ccccc1. The van der Waals surface area contributed by atoms with Crippen molar-refractivity contribution < 1.29 is 14.8 Å². The molecule has 2 amide bonds. The van der Waals surface area contributed by atoms with E-state index in [0.717, 1.165) is 28.1 Å². The number of fused-ring (bicyclic) bond motifs is 1. The molecule has 0 aliphatic heterocycles. The third-order valence-corrected chi connectivity index (χ3v) is 5.74. The summed E-state index contributed by atoms with van der Waals surface area (Å²) in [6.07, 6.45) is 3.13. The highest BCUT2D eigenvalue weighted by Gasteiger charge is 2.13. The lowest BCUT2D eigenvalue weighted by Crippen LogP contribution is -2.18. The first-order valence-electron chi connectivity index (χ1n) is 11.5. The smallest absolute Gasteiger partial charge is 0.243 e.